The molecule has 0 bridgehead atoms. The van der Waals surface area contributed by atoms with Crippen LogP contribution in [-0.2, 0) is 4.79 Å². The third-order valence-electron chi connectivity index (χ3n) is 3.19. The molecule has 0 spiro atoms. The molecular formula is C13H15FO2. The average Bonchev–Trinajstić information content (AvgIpc) is 2.30. The third-order valence-corrected chi connectivity index (χ3v) is 3.19. The van der Waals surface area contributed by atoms with Crippen molar-refractivity contribution in [3.63, 3.8) is 0 Å². The maximum atomic E-state index is 12.7. The number of halogens is 1. The highest BCUT2D eigenvalue weighted by Crippen LogP contribution is 2.31. The Labute approximate surface area is 94.1 Å². The number of rotatable bonds is 2. The quantitative estimate of drug-likeness (QED) is 0.835. The molecule has 1 aromatic rings. The molecule has 16 heavy (non-hydrogen) atoms. The van der Waals surface area contributed by atoms with Crippen LogP contribution in [0.15, 0.2) is 24.3 Å². The van der Waals surface area contributed by atoms with E-state index in [0.717, 1.165) is 19.3 Å². The fraction of sp³-hybridized carbons (Fsp3) is 0.462. The highest BCUT2D eigenvalue weighted by molar-refractivity contribution is 5.82. The maximum Gasteiger partial charge on any atom is 0.138 e. The average molecular weight is 222 g/mol. The molecule has 0 amide bonds. The molecule has 1 aliphatic rings. The molecule has 0 aliphatic heterocycles. The Morgan fingerprint density at radius 3 is 2.56 bits per heavy atom. The Morgan fingerprint density at radius 2 is 1.94 bits per heavy atom. The van der Waals surface area contributed by atoms with Crippen LogP contribution < -0.4 is 0 Å². The third kappa shape index (κ3) is 2.30. The van der Waals surface area contributed by atoms with Crippen molar-refractivity contribution in [2.75, 3.05) is 0 Å². The first-order chi connectivity index (χ1) is 7.68. The van der Waals surface area contributed by atoms with Crippen LogP contribution in [0.3, 0.4) is 0 Å². The van der Waals surface area contributed by atoms with Crippen molar-refractivity contribution >= 4 is 5.78 Å². The zero-order valence-corrected chi connectivity index (χ0v) is 9.03. The highest BCUT2D eigenvalue weighted by atomic mass is 19.1. The molecule has 2 atom stereocenters. The maximum absolute atomic E-state index is 12.7. The van der Waals surface area contributed by atoms with E-state index in [1.54, 1.807) is 12.1 Å². The van der Waals surface area contributed by atoms with Gasteiger partial charge in [-0.2, -0.15) is 0 Å². The van der Waals surface area contributed by atoms with Crippen LogP contribution in [0.4, 0.5) is 4.39 Å². The van der Waals surface area contributed by atoms with Crippen LogP contribution in [0.5, 0.6) is 0 Å². The molecule has 0 unspecified atom stereocenters. The SMILES string of the molecule is O=C1CCCC[C@@H]1[C@H](O)c1ccc(F)cc1. The van der Waals surface area contributed by atoms with Gasteiger partial charge in [-0.1, -0.05) is 18.6 Å². The van der Waals surface area contributed by atoms with Crippen LogP contribution in [-0.4, -0.2) is 10.9 Å². The van der Waals surface area contributed by atoms with E-state index >= 15 is 0 Å². The van der Waals surface area contributed by atoms with Gasteiger partial charge in [0.2, 0.25) is 0 Å². The van der Waals surface area contributed by atoms with Gasteiger partial charge in [0.15, 0.2) is 0 Å². The van der Waals surface area contributed by atoms with Crippen LogP contribution in [0.2, 0.25) is 0 Å². The largest absolute Gasteiger partial charge is 0.388 e. The van der Waals surface area contributed by atoms with Crippen LogP contribution in [0.1, 0.15) is 37.4 Å². The van der Waals surface area contributed by atoms with Gasteiger partial charge in [0.1, 0.15) is 11.6 Å². The number of carbonyl (C=O) groups excluding carboxylic acids is 1. The normalized spacial score (nSPS) is 23.1. The van der Waals surface area contributed by atoms with E-state index in [1.807, 2.05) is 0 Å². The summed E-state index contributed by atoms with van der Waals surface area (Å²) in [6.07, 6.45) is 2.41. The molecule has 3 heteroatoms. The Kier molecular flexibility index (Phi) is 3.34. The molecule has 1 saturated carbocycles. The van der Waals surface area contributed by atoms with Crippen molar-refractivity contribution in [3.05, 3.63) is 35.6 Å². The lowest BCUT2D eigenvalue weighted by atomic mass is 9.82. The molecular weight excluding hydrogens is 207 g/mol. The topological polar surface area (TPSA) is 37.3 Å². The summed E-state index contributed by atoms with van der Waals surface area (Å²) >= 11 is 0. The molecule has 1 fully saturated rings. The van der Waals surface area contributed by atoms with Gasteiger partial charge in [-0.15, -0.1) is 0 Å². The van der Waals surface area contributed by atoms with E-state index < -0.39 is 6.10 Å². The smallest absolute Gasteiger partial charge is 0.138 e. The van der Waals surface area contributed by atoms with E-state index in [4.69, 9.17) is 0 Å². The molecule has 0 saturated heterocycles. The molecule has 1 N–H and O–H groups in total. The summed E-state index contributed by atoms with van der Waals surface area (Å²) in [4.78, 5) is 11.6. The Bertz CT molecular complexity index is 372. The van der Waals surface area contributed by atoms with Gasteiger partial charge in [-0.25, -0.2) is 4.39 Å². The van der Waals surface area contributed by atoms with Gasteiger partial charge in [0, 0.05) is 12.3 Å². The Hall–Kier alpha value is -1.22. The van der Waals surface area contributed by atoms with Gasteiger partial charge in [-0.05, 0) is 30.5 Å². The molecule has 2 rings (SSSR count). The molecule has 0 radical (unpaired) electrons. The van der Waals surface area contributed by atoms with Gasteiger partial charge in [0.25, 0.3) is 0 Å². The van der Waals surface area contributed by atoms with Gasteiger partial charge in [0.05, 0.1) is 6.10 Å². The zero-order valence-electron chi connectivity index (χ0n) is 9.03. The Balaban J connectivity index is 2.14. The lowest BCUT2D eigenvalue weighted by Crippen LogP contribution is -2.25. The van der Waals surface area contributed by atoms with Gasteiger partial charge < -0.3 is 5.11 Å². The van der Waals surface area contributed by atoms with Gasteiger partial charge >= 0.3 is 0 Å². The van der Waals surface area contributed by atoms with Crippen LogP contribution in [0.25, 0.3) is 0 Å². The molecule has 1 aliphatic carbocycles. The number of hydrogen-bond acceptors (Lipinski definition) is 2. The van der Waals surface area contributed by atoms with Crippen LogP contribution in [0, 0.1) is 11.7 Å². The number of carbonyl (C=O) groups is 1. The second-order valence-corrected chi connectivity index (χ2v) is 4.31. The fourth-order valence-corrected chi connectivity index (χ4v) is 2.24. The van der Waals surface area contributed by atoms with Crippen molar-refractivity contribution in [2.45, 2.75) is 31.8 Å². The zero-order chi connectivity index (χ0) is 11.5. The second kappa shape index (κ2) is 4.74. The number of aliphatic hydroxyl groups excluding tert-OH is 1. The van der Waals surface area contributed by atoms with Crippen molar-refractivity contribution in [3.8, 4) is 0 Å². The monoisotopic (exact) mass is 222 g/mol. The second-order valence-electron chi connectivity index (χ2n) is 4.31. The minimum absolute atomic E-state index is 0.128. The van der Waals surface area contributed by atoms with E-state index in [9.17, 15) is 14.3 Å². The predicted octanol–water partition coefficient (Wildman–Crippen LogP) is 2.62. The van der Waals surface area contributed by atoms with Crippen molar-refractivity contribution in [1.29, 1.82) is 0 Å². The van der Waals surface area contributed by atoms with Crippen molar-refractivity contribution in [1.82, 2.24) is 0 Å². The lowest BCUT2D eigenvalue weighted by Gasteiger charge is -2.25. The van der Waals surface area contributed by atoms with E-state index in [-0.39, 0.29) is 17.5 Å². The summed E-state index contributed by atoms with van der Waals surface area (Å²) in [5.41, 5.74) is 0.627. The number of ketones is 1. The summed E-state index contributed by atoms with van der Waals surface area (Å²) in [7, 11) is 0. The standard InChI is InChI=1S/C13H15FO2/c14-10-7-5-9(6-8-10)13(16)11-3-1-2-4-12(11)15/h5-8,11,13,16H,1-4H2/t11-,13+/m0/s1. The molecule has 86 valence electrons. The minimum atomic E-state index is -0.784. The molecule has 2 nitrogen and oxygen atoms in total. The predicted molar refractivity (Wildman–Crippen MR) is 58.3 cm³/mol. The van der Waals surface area contributed by atoms with Crippen LogP contribution >= 0.6 is 0 Å². The summed E-state index contributed by atoms with van der Waals surface area (Å²) in [6, 6.07) is 5.71. The summed E-state index contributed by atoms with van der Waals surface area (Å²) in [5, 5.41) is 10.1. The Morgan fingerprint density at radius 1 is 1.25 bits per heavy atom. The summed E-state index contributed by atoms with van der Waals surface area (Å²) in [5.74, 6) is -0.506. The summed E-state index contributed by atoms with van der Waals surface area (Å²) < 4.78 is 12.7. The lowest BCUT2D eigenvalue weighted by molar-refractivity contribution is -0.128. The number of Topliss-reactive ketones (excluding diaryl/α,β-unsaturated/α-hetero) is 1. The van der Waals surface area contributed by atoms with E-state index in [2.05, 4.69) is 0 Å². The highest BCUT2D eigenvalue weighted by Gasteiger charge is 2.29. The fourth-order valence-electron chi connectivity index (χ4n) is 2.24. The van der Waals surface area contributed by atoms with E-state index in [1.165, 1.54) is 12.1 Å². The van der Waals surface area contributed by atoms with Crippen molar-refractivity contribution < 1.29 is 14.3 Å². The first-order valence-corrected chi connectivity index (χ1v) is 5.65. The molecule has 0 heterocycles. The summed E-state index contributed by atoms with van der Waals surface area (Å²) in [6.45, 7) is 0. The molecule has 0 aromatic heterocycles. The number of benzene rings is 1. The number of aliphatic hydroxyl groups is 1. The first kappa shape index (κ1) is 11.3. The van der Waals surface area contributed by atoms with E-state index in [0.29, 0.717) is 12.0 Å². The number of hydrogen-bond donors (Lipinski definition) is 1. The minimum Gasteiger partial charge on any atom is -0.388 e. The molecule has 1 aromatic carbocycles. The first-order valence-electron chi connectivity index (χ1n) is 5.65. The van der Waals surface area contributed by atoms with Gasteiger partial charge in [-0.3, -0.25) is 4.79 Å². The van der Waals surface area contributed by atoms with Crippen molar-refractivity contribution in [2.24, 2.45) is 5.92 Å².